The van der Waals surface area contributed by atoms with Gasteiger partial charge in [-0.15, -0.1) is 10.2 Å². The largest absolute Gasteiger partial charge is 0.507 e. The van der Waals surface area contributed by atoms with Crippen molar-refractivity contribution in [1.29, 1.82) is 0 Å². The minimum atomic E-state index is 0.0922. The highest BCUT2D eigenvalue weighted by molar-refractivity contribution is 5.69. The first kappa shape index (κ1) is 12.2. The molecule has 1 heterocycles. The molecule has 0 aliphatic carbocycles. The second kappa shape index (κ2) is 4.70. The Morgan fingerprint density at radius 1 is 1.05 bits per heavy atom. The summed E-state index contributed by atoms with van der Waals surface area (Å²) in [4.78, 5) is 0. The molecular formula is C15H14N4O. The van der Waals surface area contributed by atoms with Crippen LogP contribution in [0.15, 0.2) is 48.5 Å². The first-order chi connectivity index (χ1) is 9.66. The maximum absolute atomic E-state index is 10.1. The summed E-state index contributed by atoms with van der Waals surface area (Å²) in [6, 6.07) is 14.8. The number of nitrogens with two attached hydrogens (primary N) is 1. The molecule has 0 saturated carbocycles. The molecule has 5 heteroatoms. The van der Waals surface area contributed by atoms with Crippen molar-refractivity contribution in [3.63, 3.8) is 0 Å². The van der Waals surface area contributed by atoms with Gasteiger partial charge in [0.25, 0.3) is 0 Å². The first-order valence-electron chi connectivity index (χ1n) is 6.23. The van der Waals surface area contributed by atoms with Gasteiger partial charge in [-0.1, -0.05) is 18.2 Å². The van der Waals surface area contributed by atoms with Crippen LogP contribution in [0.1, 0.15) is 5.82 Å². The molecule has 1 aromatic heterocycles. The highest BCUT2D eigenvalue weighted by Gasteiger charge is 2.15. The van der Waals surface area contributed by atoms with Crippen molar-refractivity contribution in [3.8, 4) is 22.8 Å². The fraction of sp³-hybridized carbons (Fsp3) is 0.0667. The van der Waals surface area contributed by atoms with Crippen LogP contribution >= 0.6 is 0 Å². The summed E-state index contributed by atoms with van der Waals surface area (Å²) in [5, 5.41) is 18.3. The standard InChI is InChI=1S/C15H14N4O/c1-10-17-18-15(13-8-7-11(16)9-14(13)20)19(10)12-5-3-2-4-6-12/h2-9,20H,16H2,1H3. The maximum Gasteiger partial charge on any atom is 0.172 e. The molecule has 0 fully saturated rings. The highest BCUT2D eigenvalue weighted by Crippen LogP contribution is 2.31. The van der Waals surface area contributed by atoms with E-state index in [0.717, 1.165) is 11.5 Å². The number of rotatable bonds is 2. The number of nitrogen functional groups attached to an aromatic ring is 1. The van der Waals surface area contributed by atoms with Crippen LogP contribution in [-0.4, -0.2) is 19.9 Å². The van der Waals surface area contributed by atoms with Crippen molar-refractivity contribution >= 4 is 5.69 Å². The maximum atomic E-state index is 10.1. The zero-order chi connectivity index (χ0) is 14.1. The van der Waals surface area contributed by atoms with E-state index in [1.165, 1.54) is 6.07 Å². The number of para-hydroxylation sites is 1. The molecule has 3 N–H and O–H groups in total. The number of hydrogen-bond donors (Lipinski definition) is 2. The van der Waals surface area contributed by atoms with E-state index in [1.807, 2.05) is 41.8 Å². The Morgan fingerprint density at radius 3 is 2.50 bits per heavy atom. The minimum Gasteiger partial charge on any atom is -0.507 e. The smallest absolute Gasteiger partial charge is 0.172 e. The van der Waals surface area contributed by atoms with Crippen molar-refractivity contribution in [1.82, 2.24) is 14.8 Å². The van der Waals surface area contributed by atoms with Crippen LogP contribution in [0.25, 0.3) is 17.1 Å². The molecule has 100 valence electrons. The molecular weight excluding hydrogens is 252 g/mol. The number of aryl methyl sites for hydroxylation is 1. The van der Waals surface area contributed by atoms with Gasteiger partial charge in [0.1, 0.15) is 11.6 Å². The van der Waals surface area contributed by atoms with Gasteiger partial charge >= 0.3 is 0 Å². The average Bonchev–Trinajstić information content (AvgIpc) is 2.81. The lowest BCUT2D eigenvalue weighted by Gasteiger charge is -2.10. The molecule has 0 bridgehead atoms. The van der Waals surface area contributed by atoms with Gasteiger partial charge in [-0.2, -0.15) is 0 Å². The van der Waals surface area contributed by atoms with Gasteiger partial charge in [0.2, 0.25) is 0 Å². The van der Waals surface area contributed by atoms with Crippen LogP contribution in [0.2, 0.25) is 0 Å². The third-order valence-electron chi connectivity index (χ3n) is 3.10. The lowest BCUT2D eigenvalue weighted by Crippen LogP contribution is -2.00. The van der Waals surface area contributed by atoms with E-state index in [2.05, 4.69) is 10.2 Å². The third-order valence-corrected chi connectivity index (χ3v) is 3.10. The van der Waals surface area contributed by atoms with Crippen LogP contribution in [0, 0.1) is 6.92 Å². The van der Waals surface area contributed by atoms with Gasteiger partial charge in [0.05, 0.1) is 5.56 Å². The van der Waals surface area contributed by atoms with Crippen LogP contribution in [0.5, 0.6) is 5.75 Å². The summed E-state index contributed by atoms with van der Waals surface area (Å²) in [5.74, 6) is 1.43. The monoisotopic (exact) mass is 266 g/mol. The number of anilines is 1. The quantitative estimate of drug-likeness (QED) is 0.699. The molecule has 2 aromatic carbocycles. The van der Waals surface area contributed by atoms with E-state index in [1.54, 1.807) is 12.1 Å². The summed E-state index contributed by atoms with van der Waals surface area (Å²) in [6.07, 6.45) is 0. The molecule has 0 saturated heterocycles. The topological polar surface area (TPSA) is 77.0 Å². The average molecular weight is 266 g/mol. The van der Waals surface area contributed by atoms with Crippen LogP contribution in [0.3, 0.4) is 0 Å². The van der Waals surface area contributed by atoms with E-state index in [-0.39, 0.29) is 5.75 Å². The second-order valence-corrected chi connectivity index (χ2v) is 4.52. The van der Waals surface area contributed by atoms with Gasteiger partial charge in [0.15, 0.2) is 5.82 Å². The van der Waals surface area contributed by atoms with Crippen molar-refractivity contribution in [2.75, 3.05) is 5.73 Å². The fourth-order valence-electron chi connectivity index (χ4n) is 2.16. The molecule has 20 heavy (non-hydrogen) atoms. The Morgan fingerprint density at radius 2 is 1.80 bits per heavy atom. The summed E-state index contributed by atoms with van der Waals surface area (Å²) >= 11 is 0. The third kappa shape index (κ3) is 1.99. The Labute approximate surface area is 116 Å². The lowest BCUT2D eigenvalue weighted by molar-refractivity contribution is 0.477. The molecule has 0 spiro atoms. The summed E-state index contributed by atoms with van der Waals surface area (Å²) in [5.41, 5.74) is 7.71. The highest BCUT2D eigenvalue weighted by atomic mass is 16.3. The number of phenolic OH excluding ortho intramolecular Hbond substituents is 1. The molecule has 0 aliphatic rings. The van der Waals surface area contributed by atoms with Gasteiger partial charge < -0.3 is 10.8 Å². The van der Waals surface area contributed by atoms with E-state index in [4.69, 9.17) is 5.73 Å². The van der Waals surface area contributed by atoms with Gasteiger partial charge in [-0.3, -0.25) is 4.57 Å². The van der Waals surface area contributed by atoms with Crippen molar-refractivity contribution in [2.24, 2.45) is 0 Å². The Bertz CT molecular complexity index is 750. The summed E-state index contributed by atoms with van der Waals surface area (Å²) < 4.78 is 1.89. The number of nitrogens with zero attached hydrogens (tertiary/aromatic N) is 3. The number of hydrogen-bond acceptors (Lipinski definition) is 4. The van der Waals surface area contributed by atoms with Gasteiger partial charge in [0, 0.05) is 17.4 Å². The molecule has 0 aliphatic heterocycles. The van der Waals surface area contributed by atoms with Crippen LogP contribution < -0.4 is 5.73 Å². The zero-order valence-corrected chi connectivity index (χ0v) is 11.0. The van der Waals surface area contributed by atoms with Gasteiger partial charge in [-0.25, -0.2) is 0 Å². The van der Waals surface area contributed by atoms with E-state index < -0.39 is 0 Å². The van der Waals surface area contributed by atoms with Crippen LogP contribution in [0.4, 0.5) is 5.69 Å². The van der Waals surface area contributed by atoms with Crippen molar-refractivity contribution in [2.45, 2.75) is 6.92 Å². The Kier molecular flexibility index (Phi) is 2.87. The minimum absolute atomic E-state index is 0.0922. The zero-order valence-electron chi connectivity index (χ0n) is 11.0. The van der Waals surface area contributed by atoms with Crippen LogP contribution in [-0.2, 0) is 0 Å². The second-order valence-electron chi connectivity index (χ2n) is 4.52. The van der Waals surface area contributed by atoms with E-state index in [9.17, 15) is 5.11 Å². The van der Waals surface area contributed by atoms with Crippen molar-refractivity contribution < 1.29 is 5.11 Å². The molecule has 3 rings (SSSR count). The lowest BCUT2D eigenvalue weighted by atomic mass is 10.1. The first-order valence-corrected chi connectivity index (χ1v) is 6.23. The van der Waals surface area contributed by atoms with E-state index in [0.29, 0.717) is 17.1 Å². The Hall–Kier alpha value is -2.82. The number of aromatic hydroxyl groups is 1. The summed E-state index contributed by atoms with van der Waals surface area (Å²) in [7, 11) is 0. The summed E-state index contributed by atoms with van der Waals surface area (Å²) in [6.45, 7) is 1.87. The number of phenols is 1. The fourth-order valence-corrected chi connectivity index (χ4v) is 2.16. The molecule has 0 radical (unpaired) electrons. The molecule has 3 aromatic rings. The molecule has 0 unspecified atom stereocenters. The molecule has 5 nitrogen and oxygen atoms in total. The number of aromatic nitrogens is 3. The normalized spacial score (nSPS) is 10.7. The molecule has 0 atom stereocenters. The predicted molar refractivity (Wildman–Crippen MR) is 77.6 cm³/mol. The SMILES string of the molecule is Cc1nnc(-c2ccc(N)cc2O)n1-c1ccccc1. The predicted octanol–water partition coefficient (Wildman–Crippen LogP) is 2.53. The Balaban J connectivity index is 2.21. The van der Waals surface area contributed by atoms with Crippen molar-refractivity contribution in [3.05, 3.63) is 54.4 Å². The number of benzene rings is 2. The van der Waals surface area contributed by atoms with E-state index >= 15 is 0 Å². The molecule has 0 amide bonds. The van der Waals surface area contributed by atoms with Gasteiger partial charge in [-0.05, 0) is 31.2 Å².